The lowest BCUT2D eigenvalue weighted by Gasteiger charge is -2.12. The highest BCUT2D eigenvalue weighted by Crippen LogP contribution is 2.27. The average Bonchev–Trinajstić information content (AvgIpc) is 2.38. The van der Waals surface area contributed by atoms with Crippen molar-refractivity contribution >= 4 is 0 Å². The van der Waals surface area contributed by atoms with Crippen LogP contribution in [0, 0.1) is 0 Å². The molecule has 0 fully saturated rings. The van der Waals surface area contributed by atoms with Crippen molar-refractivity contribution < 1.29 is 20.4 Å². The van der Waals surface area contributed by atoms with Gasteiger partial charge < -0.3 is 20.4 Å². The topological polar surface area (TPSA) is 80.9 Å². The monoisotopic (exact) mass is 260 g/mol. The molecule has 4 nitrogen and oxygen atoms in total. The molecule has 2 aromatic carbocycles. The average molecular weight is 260 g/mol. The highest BCUT2D eigenvalue weighted by Gasteiger charge is 2.10. The van der Waals surface area contributed by atoms with Crippen LogP contribution >= 0.6 is 0 Å². The summed E-state index contributed by atoms with van der Waals surface area (Å²) in [6.45, 7) is 0. The minimum atomic E-state index is -0.659. The number of phenols is 3. The third kappa shape index (κ3) is 3.39. The first-order chi connectivity index (χ1) is 9.06. The molecule has 0 saturated carbocycles. The summed E-state index contributed by atoms with van der Waals surface area (Å²) in [6, 6.07) is 10.8. The molecule has 0 radical (unpaired) electrons. The van der Waals surface area contributed by atoms with Crippen LogP contribution in [0.2, 0.25) is 0 Å². The molecular formula is C15H16O4. The van der Waals surface area contributed by atoms with E-state index in [2.05, 4.69) is 0 Å². The van der Waals surface area contributed by atoms with Crippen LogP contribution in [0.25, 0.3) is 0 Å². The molecule has 0 saturated heterocycles. The Morgan fingerprint density at radius 1 is 0.842 bits per heavy atom. The Labute approximate surface area is 111 Å². The molecule has 0 amide bonds. The fraction of sp³-hybridized carbons (Fsp3) is 0.200. The van der Waals surface area contributed by atoms with Gasteiger partial charge in [0.2, 0.25) is 0 Å². The Morgan fingerprint density at radius 2 is 1.47 bits per heavy atom. The number of hydrogen-bond acceptors (Lipinski definition) is 4. The van der Waals surface area contributed by atoms with Crippen molar-refractivity contribution in [1.29, 1.82) is 0 Å². The van der Waals surface area contributed by atoms with Gasteiger partial charge in [0.1, 0.15) is 17.2 Å². The standard InChI is InChI=1S/C15H16O4/c16-12-5-1-10(2-6-12)14(18)8-4-11-3-7-13(17)9-15(11)19/h1-3,5-7,9,14,16-19H,4,8H2. The van der Waals surface area contributed by atoms with Gasteiger partial charge in [-0.05, 0) is 42.2 Å². The van der Waals surface area contributed by atoms with Gasteiger partial charge in [-0.25, -0.2) is 0 Å². The van der Waals surface area contributed by atoms with E-state index in [4.69, 9.17) is 0 Å². The molecule has 100 valence electrons. The first-order valence-corrected chi connectivity index (χ1v) is 6.04. The number of benzene rings is 2. The maximum atomic E-state index is 10.0. The van der Waals surface area contributed by atoms with Gasteiger partial charge in [-0.15, -0.1) is 0 Å². The fourth-order valence-electron chi connectivity index (χ4n) is 1.92. The fourth-order valence-corrected chi connectivity index (χ4v) is 1.92. The van der Waals surface area contributed by atoms with E-state index < -0.39 is 6.10 Å². The first-order valence-electron chi connectivity index (χ1n) is 6.04. The molecule has 0 aliphatic rings. The molecule has 4 heteroatoms. The molecule has 0 aromatic heterocycles. The first kappa shape index (κ1) is 13.2. The molecule has 4 N–H and O–H groups in total. The van der Waals surface area contributed by atoms with Crippen molar-refractivity contribution in [2.24, 2.45) is 0 Å². The highest BCUT2D eigenvalue weighted by molar-refractivity contribution is 5.39. The van der Waals surface area contributed by atoms with Crippen LogP contribution in [0.1, 0.15) is 23.7 Å². The van der Waals surface area contributed by atoms with Crippen LogP contribution in [0.5, 0.6) is 17.2 Å². The molecule has 19 heavy (non-hydrogen) atoms. The van der Waals surface area contributed by atoms with Crippen molar-refractivity contribution in [2.75, 3.05) is 0 Å². The second kappa shape index (κ2) is 5.63. The van der Waals surface area contributed by atoms with Crippen LogP contribution in [0.4, 0.5) is 0 Å². The Bertz CT molecular complexity index is 549. The van der Waals surface area contributed by atoms with Crippen molar-refractivity contribution in [3.63, 3.8) is 0 Å². The summed E-state index contributed by atoms with van der Waals surface area (Å²) in [5.41, 5.74) is 1.40. The summed E-state index contributed by atoms with van der Waals surface area (Å²) >= 11 is 0. The summed E-state index contributed by atoms with van der Waals surface area (Å²) in [5, 5.41) is 38.0. The maximum absolute atomic E-state index is 10.0. The van der Waals surface area contributed by atoms with Crippen LogP contribution in [0.3, 0.4) is 0 Å². The molecule has 0 aliphatic carbocycles. The number of aliphatic hydroxyl groups is 1. The molecule has 0 bridgehead atoms. The third-order valence-electron chi connectivity index (χ3n) is 3.03. The minimum absolute atomic E-state index is 0.0142. The van der Waals surface area contributed by atoms with Gasteiger partial charge in [0.25, 0.3) is 0 Å². The summed E-state index contributed by atoms with van der Waals surface area (Å²) in [4.78, 5) is 0. The lowest BCUT2D eigenvalue weighted by atomic mass is 10.0. The molecular weight excluding hydrogens is 244 g/mol. The molecule has 0 aliphatic heterocycles. The van der Waals surface area contributed by atoms with Crippen LogP contribution < -0.4 is 0 Å². The van der Waals surface area contributed by atoms with Gasteiger partial charge in [-0.2, -0.15) is 0 Å². The van der Waals surface area contributed by atoms with E-state index in [1.54, 1.807) is 18.2 Å². The van der Waals surface area contributed by atoms with Gasteiger partial charge in [-0.1, -0.05) is 18.2 Å². The molecule has 1 unspecified atom stereocenters. The van der Waals surface area contributed by atoms with Crippen LogP contribution in [-0.4, -0.2) is 20.4 Å². The summed E-state index contributed by atoms with van der Waals surface area (Å²) in [7, 11) is 0. The van der Waals surface area contributed by atoms with Gasteiger partial charge in [-0.3, -0.25) is 0 Å². The molecule has 2 aromatic rings. The summed E-state index contributed by atoms with van der Waals surface area (Å²) < 4.78 is 0. The zero-order valence-corrected chi connectivity index (χ0v) is 10.3. The SMILES string of the molecule is Oc1ccc(C(O)CCc2ccc(O)cc2O)cc1. The Kier molecular flexibility index (Phi) is 3.92. The molecule has 0 spiro atoms. The summed E-state index contributed by atoms with van der Waals surface area (Å²) in [5.74, 6) is 0.199. The lowest BCUT2D eigenvalue weighted by molar-refractivity contribution is 0.167. The summed E-state index contributed by atoms with van der Waals surface area (Å²) in [6.07, 6.45) is 0.283. The zero-order chi connectivity index (χ0) is 13.8. The smallest absolute Gasteiger partial charge is 0.122 e. The van der Waals surface area contributed by atoms with Crippen molar-refractivity contribution in [1.82, 2.24) is 0 Å². The second-order valence-corrected chi connectivity index (χ2v) is 4.46. The van der Waals surface area contributed by atoms with Crippen molar-refractivity contribution in [2.45, 2.75) is 18.9 Å². The number of aromatic hydroxyl groups is 3. The maximum Gasteiger partial charge on any atom is 0.122 e. The number of aliphatic hydroxyl groups excluding tert-OH is 1. The van der Waals surface area contributed by atoms with Gasteiger partial charge in [0.15, 0.2) is 0 Å². The van der Waals surface area contributed by atoms with E-state index in [1.807, 2.05) is 0 Å². The third-order valence-corrected chi connectivity index (χ3v) is 3.03. The Balaban J connectivity index is 2.00. The zero-order valence-electron chi connectivity index (χ0n) is 10.3. The van der Waals surface area contributed by atoms with E-state index in [1.165, 1.54) is 24.3 Å². The van der Waals surface area contributed by atoms with Crippen LogP contribution in [0.15, 0.2) is 42.5 Å². The Hall–Kier alpha value is -2.20. The van der Waals surface area contributed by atoms with Crippen molar-refractivity contribution in [3.05, 3.63) is 53.6 Å². The Morgan fingerprint density at radius 3 is 2.11 bits per heavy atom. The quantitative estimate of drug-likeness (QED) is 0.680. The predicted octanol–water partition coefficient (Wildman–Crippen LogP) is 2.47. The van der Waals surface area contributed by atoms with Gasteiger partial charge >= 0.3 is 0 Å². The molecule has 2 rings (SSSR count). The lowest BCUT2D eigenvalue weighted by Crippen LogP contribution is -1.99. The predicted molar refractivity (Wildman–Crippen MR) is 71.2 cm³/mol. The van der Waals surface area contributed by atoms with Gasteiger partial charge in [0, 0.05) is 6.07 Å². The second-order valence-electron chi connectivity index (χ2n) is 4.46. The molecule has 0 heterocycles. The van der Waals surface area contributed by atoms with Crippen molar-refractivity contribution in [3.8, 4) is 17.2 Å². The van der Waals surface area contributed by atoms with E-state index in [-0.39, 0.29) is 17.2 Å². The molecule has 1 atom stereocenters. The van der Waals surface area contributed by atoms with Crippen LogP contribution in [-0.2, 0) is 6.42 Å². The number of phenolic OH excluding ortho intramolecular Hbond substituents is 3. The van der Waals surface area contributed by atoms with Gasteiger partial charge in [0.05, 0.1) is 6.10 Å². The number of aryl methyl sites for hydroxylation is 1. The number of rotatable bonds is 4. The van der Waals surface area contributed by atoms with E-state index >= 15 is 0 Å². The largest absolute Gasteiger partial charge is 0.508 e. The normalized spacial score (nSPS) is 12.3. The van der Waals surface area contributed by atoms with E-state index in [9.17, 15) is 20.4 Å². The van der Waals surface area contributed by atoms with E-state index in [0.717, 1.165) is 5.56 Å². The number of hydrogen-bond donors (Lipinski definition) is 4. The highest BCUT2D eigenvalue weighted by atomic mass is 16.3. The van der Waals surface area contributed by atoms with E-state index in [0.29, 0.717) is 18.4 Å². The minimum Gasteiger partial charge on any atom is -0.508 e.